The van der Waals surface area contributed by atoms with E-state index in [0.717, 1.165) is 53.1 Å². The topological polar surface area (TPSA) is 86.8 Å². The molecule has 0 unspecified atom stereocenters. The number of sulfonamides is 1. The first-order valence-corrected chi connectivity index (χ1v) is 18.9. The number of hydrogen-bond acceptors (Lipinski definition) is 4. The zero-order valence-corrected chi connectivity index (χ0v) is 30.5. The van der Waals surface area contributed by atoms with Gasteiger partial charge in [-0.3, -0.25) is 13.9 Å². The lowest BCUT2D eigenvalue weighted by atomic mass is 9.94. The molecule has 49 heavy (non-hydrogen) atoms. The second-order valence-corrected chi connectivity index (χ2v) is 15.6. The highest BCUT2D eigenvalue weighted by atomic mass is 35.5. The lowest BCUT2D eigenvalue weighted by Crippen LogP contribution is -2.55. The first kappa shape index (κ1) is 36.4. The predicted molar refractivity (Wildman–Crippen MR) is 198 cm³/mol. The number of rotatable bonds is 12. The third kappa shape index (κ3) is 9.24. The summed E-state index contributed by atoms with van der Waals surface area (Å²) < 4.78 is 29.9. The van der Waals surface area contributed by atoms with E-state index in [1.165, 1.54) is 4.90 Å². The van der Waals surface area contributed by atoms with Gasteiger partial charge in [-0.1, -0.05) is 114 Å². The summed E-state index contributed by atoms with van der Waals surface area (Å²) in [7, 11) is -4.21. The number of halogens is 2. The van der Waals surface area contributed by atoms with Gasteiger partial charge in [0, 0.05) is 29.1 Å². The minimum atomic E-state index is -4.21. The van der Waals surface area contributed by atoms with E-state index in [0.29, 0.717) is 26.9 Å². The molecule has 1 atom stereocenters. The first-order chi connectivity index (χ1) is 23.4. The summed E-state index contributed by atoms with van der Waals surface area (Å²) in [5, 5.41) is 4.01. The largest absolute Gasteiger partial charge is 0.352 e. The highest BCUT2D eigenvalue weighted by Gasteiger charge is 2.36. The number of nitrogens with zero attached hydrogens (tertiary/aromatic N) is 2. The fourth-order valence-electron chi connectivity index (χ4n) is 6.37. The number of nitrogens with one attached hydrogen (secondary N) is 1. The van der Waals surface area contributed by atoms with E-state index in [1.54, 1.807) is 48.5 Å². The normalized spacial score (nSPS) is 14.2. The van der Waals surface area contributed by atoms with Crippen molar-refractivity contribution in [2.75, 3.05) is 10.8 Å². The van der Waals surface area contributed by atoms with Crippen molar-refractivity contribution in [3.63, 3.8) is 0 Å². The van der Waals surface area contributed by atoms with Crippen LogP contribution in [0.2, 0.25) is 10.0 Å². The molecule has 4 aromatic carbocycles. The minimum absolute atomic E-state index is 0.00390. The van der Waals surface area contributed by atoms with Crippen LogP contribution < -0.4 is 9.62 Å². The summed E-state index contributed by atoms with van der Waals surface area (Å²) in [5.41, 5.74) is 4.41. The van der Waals surface area contributed by atoms with Crippen LogP contribution in [0.1, 0.15) is 59.9 Å². The van der Waals surface area contributed by atoms with Gasteiger partial charge in [0.1, 0.15) is 12.6 Å². The van der Waals surface area contributed by atoms with Crippen LogP contribution in [0.25, 0.3) is 0 Å². The third-order valence-corrected chi connectivity index (χ3v) is 11.4. The molecule has 1 aliphatic carbocycles. The van der Waals surface area contributed by atoms with Gasteiger partial charge >= 0.3 is 0 Å². The van der Waals surface area contributed by atoms with E-state index < -0.39 is 28.5 Å². The van der Waals surface area contributed by atoms with E-state index in [-0.39, 0.29) is 29.8 Å². The van der Waals surface area contributed by atoms with Gasteiger partial charge in [-0.15, -0.1) is 0 Å². The highest BCUT2D eigenvalue weighted by Crippen LogP contribution is 2.30. The molecular weight excluding hydrogens is 677 g/mol. The molecule has 7 nitrogen and oxygen atoms in total. The molecule has 258 valence electrons. The molecule has 0 bridgehead atoms. The first-order valence-electron chi connectivity index (χ1n) is 16.7. The lowest BCUT2D eigenvalue weighted by molar-refractivity contribution is -0.140. The second-order valence-electron chi connectivity index (χ2n) is 12.9. The number of aryl methyl sites for hydroxylation is 3. The van der Waals surface area contributed by atoms with Crippen LogP contribution in [-0.4, -0.2) is 43.8 Å². The van der Waals surface area contributed by atoms with Crippen LogP contribution in [0, 0.1) is 20.8 Å². The molecule has 4 aromatic rings. The van der Waals surface area contributed by atoms with Crippen molar-refractivity contribution in [2.24, 2.45) is 0 Å². The molecule has 1 saturated carbocycles. The summed E-state index contributed by atoms with van der Waals surface area (Å²) >= 11 is 12.9. The van der Waals surface area contributed by atoms with Crippen molar-refractivity contribution < 1.29 is 18.0 Å². The number of hydrogen-bond donors (Lipinski definition) is 1. The van der Waals surface area contributed by atoms with Gasteiger partial charge in [0.25, 0.3) is 10.0 Å². The van der Waals surface area contributed by atoms with Crippen molar-refractivity contribution in [2.45, 2.75) is 82.8 Å². The van der Waals surface area contributed by atoms with E-state index in [4.69, 9.17) is 23.2 Å². The molecule has 10 heteroatoms. The molecule has 0 heterocycles. The number of amides is 2. The molecule has 0 spiro atoms. The monoisotopic (exact) mass is 719 g/mol. The Kier molecular flexibility index (Phi) is 12.1. The molecule has 1 aliphatic rings. The quantitative estimate of drug-likeness (QED) is 0.160. The van der Waals surface area contributed by atoms with Crippen molar-refractivity contribution in [1.82, 2.24) is 10.2 Å². The fourth-order valence-corrected chi connectivity index (χ4v) is 8.31. The average molecular weight is 721 g/mol. The molecule has 1 N–H and O–H groups in total. The van der Waals surface area contributed by atoms with Crippen LogP contribution in [0.5, 0.6) is 0 Å². The Morgan fingerprint density at radius 2 is 1.51 bits per heavy atom. The molecule has 0 saturated heterocycles. The molecule has 5 rings (SSSR count). The maximum absolute atomic E-state index is 14.8. The number of benzene rings is 4. The minimum Gasteiger partial charge on any atom is -0.352 e. The summed E-state index contributed by atoms with van der Waals surface area (Å²) in [6.07, 6.45) is 5.15. The Bertz CT molecular complexity index is 1880. The maximum atomic E-state index is 14.8. The van der Waals surface area contributed by atoms with E-state index in [2.05, 4.69) is 5.32 Å². The average Bonchev–Trinajstić information content (AvgIpc) is 3.07. The van der Waals surface area contributed by atoms with Crippen molar-refractivity contribution in [1.29, 1.82) is 0 Å². The second kappa shape index (κ2) is 16.2. The van der Waals surface area contributed by atoms with E-state index in [9.17, 15) is 18.0 Å². The van der Waals surface area contributed by atoms with Gasteiger partial charge in [0.15, 0.2) is 0 Å². The molecule has 1 fully saturated rings. The summed E-state index contributed by atoms with van der Waals surface area (Å²) in [6.45, 7) is 5.07. The van der Waals surface area contributed by atoms with E-state index in [1.807, 2.05) is 63.2 Å². The van der Waals surface area contributed by atoms with Crippen LogP contribution in [0.15, 0.2) is 95.9 Å². The van der Waals surface area contributed by atoms with Gasteiger partial charge in [0.2, 0.25) is 11.8 Å². The van der Waals surface area contributed by atoms with Crippen LogP contribution in [0.4, 0.5) is 5.69 Å². The summed E-state index contributed by atoms with van der Waals surface area (Å²) in [5.74, 6) is -0.824. The zero-order valence-electron chi connectivity index (χ0n) is 28.2. The Morgan fingerprint density at radius 1 is 0.837 bits per heavy atom. The molecule has 0 aliphatic heterocycles. The highest BCUT2D eigenvalue weighted by molar-refractivity contribution is 7.92. The van der Waals surface area contributed by atoms with Gasteiger partial charge in [0.05, 0.1) is 10.6 Å². The Balaban J connectivity index is 1.60. The molecule has 0 radical (unpaired) electrons. The third-order valence-electron chi connectivity index (χ3n) is 9.09. The van der Waals surface area contributed by atoms with Gasteiger partial charge in [-0.2, -0.15) is 0 Å². The Morgan fingerprint density at radius 3 is 2.16 bits per heavy atom. The predicted octanol–water partition coefficient (Wildman–Crippen LogP) is 8.20. The van der Waals surface area contributed by atoms with Crippen LogP contribution >= 0.6 is 23.2 Å². The Hall–Kier alpha value is -3.85. The lowest BCUT2D eigenvalue weighted by Gasteiger charge is -2.35. The maximum Gasteiger partial charge on any atom is 0.264 e. The van der Waals surface area contributed by atoms with Gasteiger partial charge < -0.3 is 10.2 Å². The van der Waals surface area contributed by atoms with Crippen LogP contribution in [-0.2, 0) is 32.6 Å². The SMILES string of the molecule is Cc1ccc(S(=O)(=O)N(CC(=O)N(Cc2ccc(Cl)cc2Cl)[C@H](Cc2ccccc2)C(=O)NC2CCCCC2)c2ccc(C)cc2C)cc1. The molecule has 0 aromatic heterocycles. The number of anilines is 1. The number of carbonyl (C=O) groups is 2. The van der Waals surface area contributed by atoms with Gasteiger partial charge in [-0.05, 0) is 80.6 Å². The van der Waals surface area contributed by atoms with Crippen LogP contribution in [0.3, 0.4) is 0 Å². The van der Waals surface area contributed by atoms with Crippen molar-refractivity contribution >= 4 is 50.7 Å². The summed E-state index contributed by atoms with van der Waals surface area (Å²) in [4.78, 5) is 30.7. The zero-order chi connectivity index (χ0) is 35.1. The number of carbonyl (C=O) groups excluding carboxylic acids is 2. The summed E-state index contributed by atoms with van der Waals surface area (Å²) in [6, 6.07) is 25.6. The molecular formula is C39H43Cl2N3O4S. The Labute approximate surface area is 300 Å². The fraction of sp³-hybridized carbons (Fsp3) is 0.333. The van der Waals surface area contributed by atoms with Crippen molar-refractivity contribution in [3.8, 4) is 0 Å². The van der Waals surface area contributed by atoms with Gasteiger partial charge in [-0.25, -0.2) is 8.42 Å². The van der Waals surface area contributed by atoms with E-state index >= 15 is 0 Å². The standard InChI is InChI=1S/C39H43Cl2N3O4S/c1-27-14-19-34(20-15-27)49(47,48)44(36-21-16-28(2)22-29(36)3)26-38(45)43(25-31-17-18-32(40)24-35(31)41)37(23-30-10-6-4-7-11-30)39(46)42-33-12-8-5-9-13-33/h4,6-7,10-11,14-22,24,33,37H,5,8-9,12-13,23,25-26H2,1-3H3,(H,42,46)/t37-/m1/s1. The smallest absolute Gasteiger partial charge is 0.264 e. The molecule has 2 amide bonds. The van der Waals surface area contributed by atoms with Crippen molar-refractivity contribution in [3.05, 3.63) is 129 Å².